The first-order valence-electron chi connectivity index (χ1n) is 8.25. The van der Waals surface area contributed by atoms with Crippen LogP contribution in [0.3, 0.4) is 0 Å². The van der Waals surface area contributed by atoms with Crippen molar-refractivity contribution < 1.29 is 19.1 Å². The lowest BCUT2D eigenvalue weighted by molar-refractivity contribution is 0.0525. The average molecular weight is 353 g/mol. The van der Waals surface area contributed by atoms with Crippen molar-refractivity contribution in [3.05, 3.63) is 53.1 Å². The number of carbonyl (C=O) groups excluding carboxylic acids is 2. The number of nitrogens with one attached hydrogen (secondary N) is 1. The molecule has 26 heavy (non-hydrogen) atoms. The summed E-state index contributed by atoms with van der Waals surface area (Å²) in [6, 6.07) is 7.39. The fourth-order valence-electron chi connectivity index (χ4n) is 2.84. The first-order valence-corrected chi connectivity index (χ1v) is 8.25. The number of carbonyl (C=O) groups is 2. The third-order valence-electron chi connectivity index (χ3n) is 4.04. The number of aromatic amines is 1. The molecule has 134 valence electrons. The lowest BCUT2D eigenvalue weighted by atomic mass is 10.1. The number of hydrogen-bond donors (Lipinski definition) is 1. The van der Waals surface area contributed by atoms with Crippen LogP contribution >= 0.6 is 0 Å². The second kappa shape index (κ2) is 7.35. The minimum atomic E-state index is -0.444. The number of esters is 1. The molecule has 2 heterocycles. The van der Waals surface area contributed by atoms with E-state index in [0.717, 1.165) is 10.9 Å². The molecular weight excluding hydrogens is 334 g/mol. The zero-order chi connectivity index (χ0) is 18.7. The van der Waals surface area contributed by atoms with Crippen molar-refractivity contribution >= 4 is 22.7 Å². The lowest BCUT2D eigenvalue weighted by Crippen LogP contribution is -2.14. The summed E-state index contributed by atoms with van der Waals surface area (Å²) < 4.78 is 10.7. The summed E-state index contributed by atoms with van der Waals surface area (Å²) in [7, 11) is 0. The zero-order valence-electron chi connectivity index (χ0n) is 14.8. The molecule has 0 radical (unpaired) electrons. The van der Waals surface area contributed by atoms with Crippen LogP contribution in [0, 0.1) is 13.8 Å². The monoisotopic (exact) mass is 353 g/mol. The molecule has 7 heteroatoms. The highest BCUT2D eigenvalue weighted by atomic mass is 16.5. The molecule has 0 unspecified atom stereocenters. The Morgan fingerprint density at radius 3 is 2.69 bits per heavy atom. The van der Waals surface area contributed by atoms with E-state index in [1.807, 2.05) is 24.3 Å². The molecule has 0 spiro atoms. The summed E-state index contributed by atoms with van der Waals surface area (Å²) in [6.45, 7) is 5.25. The first kappa shape index (κ1) is 17.6. The van der Waals surface area contributed by atoms with Gasteiger partial charge in [0, 0.05) is 5.69 Å². The summed E-state index contributed by atoms with van der Waals surface area (Å²) in [6.07, 6.45) is 1.39. The van der Waals surface area contributed by atoms with E-state index in [2.05, 4.69) is 15.0 Å². The highest BCUT2D eigenvalue weighted by Crippen LogP contribution is 2.22. The number of para-hydroxylation sites is 1. The Balaban J connectivity index is 1.80. The van der Waals surface area contributed by atoms with E-state index in [1.165, 1.54) is 6.33 Å². The average Bonchev–Trinajstić information content (AvgIpc) is 2.94. The molecule has 0 amide bonds. The minimum Gasteiger partial charge on any atom is -0.469 e. The van der Waals surface area contributed by atoms with E-state index in [1.54, 1.807) is 20.8 Å². The van der Waals surface area contributed by atoms with Crippen molar-refractivity contribution in [2.75, 3.05) is 13.2 Å². The van der Waals surface area contributed by atoms with E-state index in [4.69, 9.17) is 9.47 Å². The van der Waals surface area contributed by atoms with Gasteiger partial charge in [0.1, 0.15) is 6.33 Å². The van der Waals surface area contributed by atoms with Crippen molar-refractivity contribution in [3.63, 3.8) is 0 Å². The van der Waals surface area contributed by atoms with Gasteiger partial charge in [0.2, 0.25) is 11.7 Å². The fourth-order valence-corrected chi connectivity index (χ4v) is 2.84. The van der Waals surface area contributed by atoms with Gasteiger partial charge < -0.3 is 14.5 Å². The second-order valence-electron chi connectivity index (χ2n) is 5.75. The van der Waals surface area contributed by atoms with Gasteiger partial charge in [-0.2, -0.15) is 0 Å². The van der Waals surface area contributed by atoms with Gasteiger partial charge in [0.05, 0.1) is 28.8 Å². The van der Waals surface area contributed by atoms with Gasteiger partial charge in [-0.05, 0) is 38.5 Å². The number of ketones is 1. The molecule has 7 nitrogen and oxygen atoms in total. The van der Waals surface area contributed by atoms with E-state index >= 15 is 0 Å². The summed E-state index contributed by atoms with van der Waals surface area (Å²) in [5, 5.41) is 0.731. The van der Waals surface area contributed by atoms with Crippen LogP contribution in [0.15, 0.2) is 30.6 Å². The molecule has 1 N–H and O–H groups in total. The molecule has 3 rings (SSSR count). The largest absolute Gasteiger partial charge is 0.469 e. The molecule has 0 aliphatic heterocycles. The molecule has 3 aromatic rings. The van der Waals surface area contributed by atoms with Gasteiger partial charge >= 0.3 is 5.97 Å². The van der Waals surface area contributed by atoms with Crippen LogP contribution in [0.2, 0.25) is 0 Å². The summed E-state index contributed by atoms with van der Waals surface area (Å²) in [4.78, 5) is 35.8. The van der Waals surface area contributed by atoms with E-state index in [0.29, 0.717) is 28.4 Å². The summed E-state index contributed by atoms with van der Waals surface area (Å²) in [5.74, 6) is -0.375. The molecule has 0 fully saturated rings. The van der Waals surface area contributed by atoms with Crippen LogP contribution in [0.4, 0.5) is 0 Å². The zero-order valence-corrected chi connectivity index (χ0v) is 14.8. The topological polar surface area (TPSA) is 94.2 Å². The Hall–Kier alpha value is -3.22. The maximum absolute atomic E-state index is 12.6. The predicted octanol–water partition coefficient (Wildman–Crippen LogP) is 3.01. The quantitative estimate of drug-likeness (QED) is 0.541. The SMILES string of the molecule is CCOC(=O)c1c(C)[nH]c(C(=O)COc2ncnc3ccccc23)c1C. The number of H-pyrrole nitrogens is 1. The Labute approximate surface area is 150 Å². The third-order valence-corrected chi connectivity index (χ3v) is 4.04. The van der Waals surface area contributed by atoms with E-state index in [-0.39, 0.29) is 19.0 Å². The fraction of sp³-hybridized carbons (Fsp3) is 0.263. The van der Waals surface area contributed by atoms with Crippen molar-refractivity contribution in [1.29, 1.82) is 0 Å². The van der Waals surface area contributed by atoms with Crippen LogP contribution in [-0.4, -0.2) is 39.9 Å². The molecule has 0 saturated carbocycles. The van der Waals surface area contributed by atoms with Gasteiger partial charge in [-0.15, -0.1) is 0 Å². The predicted molar refractivity (Wildman–Crippen MR) is 95.6 cm³/mol. The highest BCUT2D eigenvalue weighted by molar-refractivity contribution is 6.02. The second-order valence-corrected chi connectivity index (χ2v) is 5.75. The number of aryl methyl sites for hydroxylation is 1. The van der Waals surface area contributed by atoms with Crippen LogP contribution < -0.4 is 4.74 Å². The highest BCUT2D eigenvalue weighted by Gasteiger charge is 2.23. The van der Waals surface area contributed by atoms with Crippen molar-refractivity contribution in [1.82, 2.24) is 15.0 Å². The van der Waals surface area contributed by atoms with Crippen LogP contribution in [-0.2, 0) is 4.74 Å². The van der Waals surface area contributed by atoms with Crippen molar-refractivity contribution in [2.45, 2.75) is 20.8 Å². The van der Waals surface area contributed by atoms with Crippen LogP contribution in [0.1, 0.15) is 39.0 Å². The summed E-state index contributed by atoms with van der Waals surface area (Å²) in [5.41, 5.74) is 2.62. The minimum absolute atomic E-state index is 0.204. The number of nitrogens with zero attached hydrogens (tertiary/aromatic N) is 2. The number of rotatable bonds is 6. The van der Waals surface area contributed by atoms with Crippen LogP contribution in [0.5, 0.6) is 5.88 Å². The molecule has 0 aliphatic rings. The molecule has 0 aliphatic carbocycles. The molecule has 1 aromatic carbocycles. The smallest absolute Gasteiger partial charge is 0.340 e. The number of Topliss-reactive ketones (excluding diaryl/α,β-unsaturated/α-hetero) is 1. The third kappa shape index (κ3) is 3.28. The summed E-state index contributed by atoms with van der Waals surface area (Å²) >= 11 is 0. The van der Waals surface area contributed by atoms with E-state index < -0.39 is 5.97 Å². The van der Waals surface area contributed by atoms with Gasteiger partial charge in [0.15, 0.2) is 6.61 Å². The number of fused-ring (bicyclic) bond motifs is 1. The number of aromatic nitrogens is 3. The van der Waals surface area contributed by atoms with Crippen molar-refractivity contribution in [3.8, 4) is 5.88 Å². The maximum atomic E-state index is 12.6. The Morgan fingerprint density at radius 1 is 1.15 bits per heavy atom. The normalized spacial score (nSPS) is 10.7. The molecular formula is C19H19N3O4. The molecule has 0 saturated heterocycles. The van der Waals surface area contributed by atoms with Gasteiger partial charge in [-0.25, -0.2) is 14.8 Å². The Morgan fingerprint density at radius 2 is 1.92 bits per heavy atom. The van der Waals surface area contributed by atoms with E-state index in [9.17, 15) is 9.59 Å². The van der Waals surface area contributed by atoms with Gasteiger partial charge in [0.25, 0.3) is 0 Å². The van der Waals surface area contributed by atoms with Gasteiger partial charge in [-0.3, -0.25) is 4.79 Å². The maximum Gasteiger partial charge on any atom is 0.340 e. The van der Waals surface area contributed by atoms with Crippen molar-refractivity contribution in [2.24, 2.45) is 0 Å². The Bertz CT molecular complexity index is 973. The lowest BCUT2D eigenvalue weighted by Gasteiger charge is -2.07. The molecule has 0 bridgehead atoms. The number of hydrogen-bond acceptors (Lipinski definition) is 6. The number of benzene rings is 1. The standard InChI is InChI=1S/C19H19N3O4/c1-4-25-19(24)16-11(2)17(22-12(16)3)15(23)9-26-18-13-7-5-6-8-14(13)20-10-21-18/h5-8,10,22H,4,9H2,1-3H3. The Kier molecular flexibility index (Phi) is 4.97. The number of ether oxygens (including phenoxy) is 2. The van der Waals surface area contributed by atoms with Crippen LogP contribution in [0.25, 0.3) is 10.9 Å². The molecule has 0 atom stereocenters. The molecule has 2 aromatic heterocycles. The first-order chi connectivity index (χ1) is 12.5. The van der Waals surface area contributed by atoms with Gasteiger partial charge in [-0.1, -0.05) is 12.1 Å².